The van der Waals surface area contributed by atoms with Gasteiger partial charge in [-0.25, -0.2) is 4.79 Å². The van der Waals surface area contributed by atoms with Crippen LogP contribution in [-0.2, 0) is 28.9 Å². The molecule has 20 heavy (non-hydrogen) atoms. The summed E-state index contributed by atoms with van der Waals surface area (Å²) in [5.74, 6) is -1.11. The van der Waals surface area contributed by atoms with Crippen LogP contribution in [0.25, 0.3) is 0 Å². The molecule has 0 heterocycles. The minimum Gasteiger partial charge on any atom is -0.480 e. The van der Waals surface area contributed by atoms with Crippen LogP contribution in [0.2, 0.25) is 0 Å². The molecule has 1 aromatic rings. The molecule has 0 aliphatic heterocycles. The van der Waals surface area contributed by atoms with Crippen LogP contribution in [0.4, 0.5) is 0 Å². The average molecular weight is 273 g/mol. The van der Waals surface area contributed by atoms with Crippen molar-refractivity contribution in [2.24, 2.45) is 0 Å². The number of rotatable bonds is 4. The number of nitrogens with one attached hydrogen (secondary N) is 1. The second kappa shape index (κ2) is 4.93. The van der Waals surface area contributed by atoms with Crippen molar-refractivity contribution in [3.63, 3.8) is 0 Å². The van der Waals surface area contributed by atoms with E-state index in [-0.39, 0.29) is 12.3 Å². The molecule has 1 amide bonds. The summed E-state index contributed by atoms with van der Waals surface area (Å²) in [5, 5.41) is 11.7. The topological polar surface area (TPSA) is 66.4 Å². The molecule has 2 N–H and O–H groups in total. The van der Waals surface area contributed by atoms with Gasteiger partial charge in [-0.1, -0.05) is 18.2 Å². The standard InChI is InChI=1S/C16H19NO3/c18-14(17-16(7-8-16)15(19)20)10-11-5-6-12-3-1-2-4-13(12)9-11/h5-6,9H,1-4,7-8,10H2,(H,17,18)(H,19,20). The number of carboxylic acids is 1. The Morgan fingerprint density at radius 3 is 2.50 bits per heavy atom. The number of aryl methyl sites for hydroxylation is 2. The lowest BCUT2D eigenvalue weighted by atomic mass is 9.90. The van der Waals surface area contributed by atoms with Crippen molar-refractivity contribution < 1.29 is 14.7 Å². The van der Waals surface area contributed by atoms with Gasteiger partial charge in [0.15, 0.2) is 0 Å². The Morgan fingerprint density at radius 1 is 1.15 bits per heavy atom. The van der Waals surface area contributed by atoms with Gasteiger partial charge in [-0.2, -0.15) is 0 Å². The fraction of sp³-hybridized carbons (Fsp3) is 0.500. The van der Waals surface area contributed by atoms with Crippen LogP contribution in [0, 0.1) is 0 Å². The number of benzene rings is 1. The van der Waals surface area contributed by atoms with Crippen molar-refractivity contribution in [2.75, 3.05) is 0 Å². The van der Waals surface area contributed by atoms with E-state index in [2.05, 4.69) is 17.4 Å². The molecule has 3 rings (SSSR count). The molecule has 1 saturated carbocycles. The molecule has 4 nitrogen and oxygen atoms in total. The first kappa shape index (κ1) is 13.2. The first-order chi connectivity index (χ1) is 9.59. The number of fused-ring (bicyclic) bond motifs is 1. The second-order valence-electron chi connectivity index (χ2n) is 5.92. The molecule has 0 aromatic heterocycles. The molecule has 2 aliphatic carbocycles. The van der Waals surface area contributed by atoms with Crippen molar-refractivity contribution in [3.05, 3.63) is 34.9 Å². The monoisotopic (exact) mass is 273 g/mol. The van der Waals surface area contributed by atoms with Crippen molar-refractivity contribution in [3.8, 4) is 0 Å². The summed E-state index contributed by atoms with van der Waals surface area (Å²) in [6.45, 7) is 0. The summed E-state index contributed by atoms with van der Waals surface area (Å²) in [7, 11) is 0. The highest BCUT2D eigenvalue weighted by Crippen LogP contribution is 2.35. The Bertz CT molecular complexity index is 561. The third-order valence-electron chi connectivity index (χ3n) is 4.32. The highest BCUT2D eigenvalue weighted by atomic mass is 16.4. The summed E-state index contributed by atoms with van der Waals surface area (Å²) in [5.41, 5.74) is 2.74. The zero-order valence-corrected chi connectivity index (χ0v) is 11.4. The lowest BCUT2D eigenvalue weighted by Crippen LogP contribution is -2.43. The number of aliphatic carboxylic acids is 1. The summed E-state index contributed by atoms with van der Waals surface area (Å²) in [4.78, 5) is 23.0. The molecule has 0 saturated heterocycles. The van der Waals surface area contributed by atoms with E-state index in [9.17, 15) is 9.59 Å². The van der Waals surface area contributed by atoms with Gasteiger partial charge in [0.05, 0.1) is 6.42 Å². The predicted octanol–water partition coefficient (Wildman–Crippen LogP) is 1.84. The lowest BCUT2D eigenvalue weighted by Gasteiger charge is -2.17. The molecule has 4 heteroatoms. The van der Waals surface area contributed by atoms with Gasteiger partial charge in [-0.05, 0) is 55.2 Å². The van der Waals surface area contributed by atoms with Gasteiger partial charge in [0.25, 0.3) is 0 Å². The maximum Gasteiger partial charge on any atom is 0.329 e. The summed E-state index contributed by atoms with van der Waals surface area (Å²) in [6.07, 6.45) is 6.02. The number of amides is 1. The molecule has 0 radical (unpaired) electrons. The van der Waals surface area contributed by atoms with Gasteiger partial charge in [0, 0.05) is 0 Å². The highest BCUT2D eigenvalue weighted by Gasteiger charge is 2.51. The van der Waals surface area contributed by atoms with Crippen LogP contribution in [0.15, 0.2) is 18.2 Å². The Labute approximate surface area is 118 Å². The van der Waals surface area contributed by atoms with Gasteiger partial charge in [-0.3, -0.25) is 4.79 Å². The lowest BCUT2D eigenvalue weighted by molar-refractivity contribution is -0.143. The minimum absolute atomic E-state index is 0.194. The fourth-order valence-corrected chi connectivity index (χ4v) is 2.91. The van der Waals surface area contributed by atoms with E-state index in [4.69, 9.17) is 5.11 Å². The molecule has 0 atom stereocenters. The number of carbonyl (C=O) groups excluding carboxylic acids is 1. The van der Waals surface area contributed by atoms with Gasteiger partial charge < -0.3 is 10.4 Å². The van der Waals surface area contributed by atoms with Crippen molar-refractivity contribution in [2.45, 2.75) is 50.5 Å². The molecule has 106 valence electrons. The van der Waals surface area contributed by atoms with Crippen molar-refractivity contribution in [1.29, 1.82) is 0 Å². The third-order valence-corrected chi connectivity index (χ3v) is 4.32. The number of carbonyl (C=O) groups is 2. The van der Waals surface area contributed by atoms with Crippen molar-refractivity contribution >= 4 is 11.9 Å². The van der Waals surface area contributed by atoms with Gasteiger partial charge in [0.1, 0.15) is 5.54 Å². The fourth-order valence-electron chi connectivity index (χ4n) is 2.91. The molecular weight excluding hydrogens is 254 g/mol. The SMILES string of the molecule is O=C(Cc1ccc2c(c1)CCCC2)NC1(C(=O)O)CC1. The summed E-state index contributed by atoms with van der Waals surface area (Å²) < 4.78 is 0. The third kappa shape index (κ3) is 2.55. The highest BCUT2D eigenvalue weighted by molar-refractivity contribution is 5.90. The minimum atomic E-state index is -0.981. The van der Waals surface area contributed by atoms with Crippen LogP contribution in [-0.4, -0.2) is 22.5 Å². The number of hydrogen-bond acceptors (Lipinski definition) is 2. The van der Waals surface area contributed by atoms with E-state index in [0.717, 1.165) is 18.4 Å². The Morgan fingerprint density at radius 2 is 1.85 bits per heavy atom. The normalized spacial score (nSPS) is 19.0. The predicted molar refractivity (Wildman–Crippen MR) is 74.5 cm³/mol. The van der Waals surface area contributed by atoms with Gasteiger partial charge >= 0.3 is 5.97 Å². The average Bonchev–Trinajstić information content (AvgIpc) is 3.19. The molecule has 0 spiro atoms. The number of carboxylic acid groups (broad SMARTS) is 1. The van der Waals surface area contributed by atoms with E-state index < -0.39 is 11.5 Å². The molecule has 0 bridgehead atoms. The van der Waals surface area contributed by atoms with Crippen LogP contribution >= 0.6 is 0 Å². The van der Waals surface area contributed by atoms with E-state index in [1.54, 1.807) is 0 Å². The van der Waals surface area contributed by atoms with Crippen molar-refractivity contribution in [1.82, 2.24) is 5.32 Å². The molecule has 1 fully saturated rings. The molecular formula is C16H19NO3. The maximum absolute atomic E-state index is 12.0. The van der Waals surface area contributed by atoms with Crippen LogP contribution < -0.4 is 5.32 Å². The second-order valence-corrected chi connectivity index (χ2v) is 5.92. The van der Waals surface area contributed by atoms with Crippen LogP contribution in [0.1, 0.15) is 42.4 Å². The van der Waals surface area contributed by atoms with E-state index in [1.165, 1.54) is 24.0 Å². The van der Waals surface area contributed by atoms with E-state index in [0.29, 0.717) is 12.8 Å². The zero-order valence-electron chi connectivity index (χ0n) is 11.4. The van der Waals surface area contributed by atoms with Crippen LogP contribution in [0.5, 0.6) is 0 Å². The Balaban J connectivity index is 1.66. The van der Waals surface area contributed by atoms with Gasteiger partial charge in [-0.15, -0.1) is 0 Å². The summed E-state index contributed by atoms with van der Waals surface area (Å²) >= 11 is 0. The van der Waals surface area contributed by atoms with Gasteiger partial charge in [0.2, 0.25) is 5.91 Å². The first-order valence-electron chi connectivity index (χ1n) is 7.24. The Hall–Kier alpha value is -1.84. The molecule has 1 aromatic carbocycles. The zero-order chi connectivity index (χ0) is 14.2. The van der Waals surface area contributed by atoms with Crippen LogP contribution in [0.3, 0.4) is 0 Å². The van der Waals surface area contributed by atoms with E-state index in [1.807, 2.05) is 6.07 Å². The van der Waals surface area contributed by atoms with E-state index >= 15 is 0 Å². The smallest absolute Gasteiger partial charge is 0.329 e. The Kier molecular flexibility index (Phi) is 3.24. The maximum atomic E-state index is 12.0. The summed E-state index contributed by atoms with van der Waals surface area (Å²) in [6, 6.07) is 6.21. The largest absolute Gasteiger partial charge is 0.480 e. The quantitative estimate of drug-likeness (QED) is 0.879. The number of hydrogen-bond donors (Lipinski definition) is 2. The molecule has 2 aliphatic rings. The molecule has 0 unspecified atom stereocenters. The first-order valence-corrected chi connectivity index (χ1v) is 7.24.